The van der Waals surface area contributed by atoms with Gasteiger partial charge >= 0.3 is 5.97 Å². The van der Waals surface area contributed by atoms with E-state index < -0.39 is 0 Å². The number of hydrogen-bond acceptors (Lipinski definition) is 3. The molecule has 0 radical (unpaired) electrons. The molecule has 3 nitrogen and oxygen atoms in total. The van der Waals surface area contributed by atoms with Crippen molar-refractivity contribution in [3.63, 3.8) is 0 Å². The lowest BCUT2D eigenvalue weighted by molar-refractivity contribution is -0.142. The van der Waals surface area contributed by atoms with Crippen molar-refractivity contribution in [2.24, 2.45) is 11.8 Å². The largest absolute Gasteiger partial charge is 0.465 e. The van der Waals surface area contributed by atoms with Gasteiger partial charge < -0.3 is 9.47 Å². The van der Waals surface area contributed by atoms with Gasteiger partial charge in [0, 0.05) is 13.0 Å². The number of benzene rings is 1. The minimum absolute atomic E-state index is 0.145. The Morgan fingerprint density at radius 3 is 2.62 bits per heavy atom. The fraction of sp³-hybridized carbons (Fsp3) is 0.609. The first-order valence-electron chi connectivity index (χ1n) is 10.1. The summed E-state index contributed by atoms with van der Waals surface area (Å²) < 4.78 is 11.1. The van der Waals surface area contributed by atoms with E-state index >= 15 is 0 Å². The van der Waals surface area contributed by atoms with Gasteiger partial charge in [-0.3, -0.25) is 4.79 Å². The Balaban J connectivity index is 1.63. The fourth-order valence-electron chi connectivity index (χ4n) is 3.95. The van der Waals surface area contributed by atoms with Crippen molar-refractivity contribution in [2.75, 3.05) is 13.7 Å². The molecule has 3 heteroatoms. The molecular formula is C23H34O3. The van der Waals surface area contributed by atoms with Gasteiger partial charge in [0.25, 0.3) is 0 Å². The molecule has 144 valence electrons. The van der Waals surface area contributed by atoms with E-state index in [0.29, 0.717) is 24.9 Å². The lowest BCUT2D eigenvalue weighted by Crippen LogP contribution is -2.30. The quantitative estimate of drug-likeness (QED) is 0.322. The summed E-state index contributed by atoms with van der Waals surface area (Å²) in [5.41, 5.74) is 1.28. The highest BCUT2D eigenvalue weighted by atomic mass is 16.5. The van der Waals surface area contributed by atoms with Crippen LogP contribution in [0.5, 0.6) is 0 Å². The SMILES string of the molecule is CO[C@H](C1CCCCC1)[C@H](C)C=CCC(=O)OCCCc1ccccc1. The number of methoxy groups -OCH3 is 1. The lowest BCUT2D eigenvalue weighted by atomic mass is 9.80. The van der Waals surface area contributed by atoms with E-state index in [1.165, 1.54) is 37.7 Å². The maximum atomic E-state index is 11.9. The normalized spacial score (nSPS) is 17.9. The molecule has 0 aliphatic heterocycles. The first kappa shape index (κ1) is 20.7. The Bertz CT molecular complexity index is 532. The van der Waals surface area contributed by atoms with Gasteiger partial charge in [-0.05, 0) is 37.2 Å². The third-order valence-electron chi connectivity index (χ3n) is 5.34. The molecule has 0 bridgehead atoms. The van der Waals surface area contributed by atoms with E-state index in [0.717, 1.165) is 12.8 Å². The number of esters is 1. The highest BCUT2D eigenvalue weighted by Crippen LogP contribution is 2.31. The first-order valence-corrected chi connectivity index (χ1v) is 10.1. The Kier molecular flexibility index (Phi) is 9.47. The number of ether oxygens (including phenoxy) is 2. The van der Waals surface area contributed by atoms with E-state index in [-0.39, 0.29) is 12.1 Å². The zero-order chi connectivity index (χ0) is 18.6. The molecular weight excluding hydrogens is 324 g/mol. The van der Waals surface area contributed by atoms with Crippen molar-refractivity contribution in [3.05, 3.63) is 48.0 Å². The van der Waals surface area contributed by atoms with E-state index in [9.17, 15) is 4.79 Å². The van der Waals surface area contributed by atoms with Crippen LogP contribution in [0.15, 0.2) is 42.5 Å². The van der Waals surface area contributed by atoms with Crippen molar-refractivity contribution in [1.29, 1.82) is 0 Å². The average Bonchev–Trinajstić information content (AvgIpc) is 2.67. The number of hydrogen-bond donors (Lipinski definition) is 0. The molecule has 1 fully saturated rings. The summed E-state index contributed by atoms with van der Waals surface area (Å²) in [6, 6.07) is 10.3. The Labute approximate surface area is 158 Å². The summed E-state index contributed by atoms with van der Waals surface area (Å²) in [6.45, 7) is 2.67. The second kappa shape index (κ2) is 11.9. The molecule has 1 aliphatic carbocycles. The lowest BCUT2D eigenvalue weighted by Gasteiger charge is -2.32. The smallest absolute Gasteiger partial charge is 0.309 e. The molecule has 1 aliphatic rings. The first-order chi connectivity index (χ1) is 12.7. The van der Waals surface area contributed by atoms with E-state index in [1.807, 2.05) is 31.4 Å². The summed E-state index contributed by atoms with van der Waals surface area (Å²) in [4.78, 5) is 11.9. The van der Waals surface area contributed by atoms with E-state index in [2.05, 4.69) is 25.1 Å². The predicted octanol–water partition coefficient (Wildman–Crippen LogP) is 5.34. The molecule has 1 aromatic carbocycles. The number of rotatable bonds is 10. The zero-order valence-electron chi connectivity index (χ0n) is 16.4. The predicted molar refractivity (Wildman–Crippen MR) is 106 cm³/mol. The third kappa shape index (κ3) is 7.33. The summed E-state index contributed by atoms with van der Waals surface area (Å²) in [7, 11) is 1.81. The van der Waals surface area contributed by atoms with Crippen LogP contribution in [-0.2, 0) is 20.7 Å². The van der Waals surface area contributed by atoms with Crippen LogP contribution in [0.1, 0.15) is 57.4 Å². The van der Waals surface area contributed by atoms with Crippen LogP contribution in [0.4, 0.5) is 0 Å². The van der Waals surface area contributed by atoms with E-state index in [1.54, 1.807) is 0 Å². The van der Waals surface area contributed by atoms with Crippen LogP contribution in [0.3, 0.4) is 0 Å². The highest BCUT2D eigenvalue weighted by molar-refractivity contribution is 5.71. The molecule has 26 heavy (non-hydrogen) atoms. The summed E-state index contributed by atoms with van der Waals surface area (Å²) in [5.74, 6) is 0.834. The minimum Gasteiger partial charge on any atom is -0.465 e. The Morgan fingerprint density at radius 2 is 1.92 bits per heavy atom. The molecule has 0 aromatic heterocycles. The molecule has 0 amide bonds. The Hall–Kier alpha value is -1.61. The maximum absolute atomic E-state index is 11.9. The monoisotopic (exact) mass is 358 g/mol. The van der Waals surface area contributed by atoms with Crippen molar-refractivity contribution < 1.29 is 14.3 Å². The van der Waals surface area contributed by atoms with Crippen molar-refractivity contribution in [2.45, 2.75) is 64.4 Å². The minimum atomic E-state index is -0.145. The van der Waals surface area contributed by atoms with Crippen LogP contribution in [0.25, 0.3) is 0 Å². The Morgan fingerprint density at radius 1 is 1.19 bits per heavy atom. The van der Waals surface area contributed by atoms with Crippen molar-refractivity contribution >= 4 is 5.97 Å². The number of aryl methyl sites for hydroxylation is 1. The van der Waals surface area contributed by atoms with Gasteiger partial charge in [-0.25, -0.2) is 0 Å². The van der Waals surface area contributed by atoms with Gasteiger partial charge in [0.15, 0.2) is 0 Å². The molecule has 0 saturated heterocycles. The van der Waals surface area contributed by atoms with Crippen LogP contribution >= 0.6 is 0 Å². The molecule has 1 saturated carbocycles. The van der Waals surface area contributed by atoms with Gasteiger partial charge in [-0.15, -0.1) is 0 Å². The molecule has 2 rings (SSSR count). The second-order valence-electron chi connectivity index (χ2n) is 7.40. The summed E-state index contributed by atoms with van der Waals surface area (Å²) in [5, 5.41) is 0. The van der Waals surface area contributed by atoms with Crippen molar-refractivity contribution in [3.8, 4) is 0 Å². The molecule has 0 unspecified atom stereocenters. The number of carbonyl (C=O) groups is 1. The van der Waals surface area contributed by atoms with Gasteiger partial charge in [-0.1, -0.05) is 68.7 Å². The van der Waals surface area contributed by atoms with Gasteiger partial charge in [-0.2, -0.15) is 0 Å². The van der Waals surface area contributed by atoms with Crippen LogP contribution in [0.2, 0.25) is 0 Å². The second-order valence-corrected chi connectivity index (χ2v) is 7.40. The van der Waals surface area contributed by atoms with Crippen molar-refractivity contribution in [1.82, 2.24) is 0 Å². The molecule has 0 heterocycles. The number of carbonyl (C=O) groups excluding carboxylic acids is 1. The highest BCUT2D eigenvalue weighted by Gasteiger charge is 2.26. The summed E-state index contributed by atoms with van der Waals surface area (Å²) >= 11 is 0. The van der Waals surface area contributed by atoms with Gasteiger partial charge in [0.1, 0.15) is 0 Å². The van der Waals surface area contributed by atoms with Crippen LogP contribution in [-0.4, -0.2) is 25.8 Å². The topological polar surface area (TPSA) is 35.5 Å². The molecule has 1 aromatic rings. The van der Waals surface area contributed by atoms with Crippen LogP contribution < -0.4 is 0 Å². The van der Waals surface area contributed by atoms with E-state index in [4.69, 9.17) is 9.47 Å². The average molecular weight is 359 g/mol. The van der Waals surface area contributed by atoms with Gasteiger partial charge in [0.05, 0.1) is 19.1 Å². The maximum Gasteiger partial charge on any atom is 0.309 e. The zero-order valence-corrected chi connectivity index (χ0v) is 16.4. The van der Waals surface area contributed by atoms with Gasteiger partial charge in [0.2, 0.25) is 0 Å². The third-order valence-corrected chi connectivity index (χ3v) is 5.34. The molecule has 0 spiro atoms. The molecule has 2 atom stereocenters. The standard InChI is InChI=1S/C23H34O3/c1-19(23(25-2)21-15-7-4-8-16-21)11-9-17-22(24)26-18-10-14-20-12-5-3-6-13-20/h3,5-6,9,11-13,19,21,23H,4,7-8,10,14-18H2,1-2H3/t19-,23+/m1/s1. The summed E-state index contributed by atoms with van der Waals surface area (Å²) in [6.07, 6.45) is 13.0. The van der Waals surface area contributed by atoms with Crippen LogP contribution in [0, 0.1) is 11.8 Å². The fourth-order valence-corrected chi connectivity index (χ4v) is 3.95. The molecule has 0 N–H and O–H groups in total.